The van der Waals surface area contributed by atoms with E-state index in [0.717, 1.165) is 18.9 Å². The van der Waals surface area contributed by atoms with E-state index < -0.39 is 65.8 Å². The maximum atomic E-state index is 14.4. The number of amides is 1. The smallest absolute Gasteiger partial charge is 0.417 e. The quantitative estimate of drug-likeness (QED) is 0.329. The lowest BCUT2D eigenvalue weighted by atomic mass is 9.73. The van der Waals surface area contributed by atoms with Gasteiger partial charge in [0.1, 0.15) is 18.5 Å². The van der Waals surface area contributed by atoms with Gasteiger partial charge in [0.2, 0.25) is 5.88 Å². The number of likely N-dealkylation sites (tertiary alicyclic amines) is 1. The van der Waals surface area contributed by atoms with Crippen molar-refractivity contribution in [1.29, 1.82) is 0 Å². The van der Waals surface area contributed by atoms with Crippen LogP contribution >= 0.6 is 0 Å². The summed E-state index contributed by atoms with van der Waals surface area (Å²) in [7, 11) is 1.29. The van der Waals surface area contributed by atoms with Crippen LogP contribution in [0.4, 0.5) is 13.2 Å². The number of hydrogen-bond acceptors (Lipinski definition) is 8. The summed E-state index contributed by atoms with van der Waals surface area (Å²) in [5.74, 6) is -2.56. The average Bonchev–Trinajstić information content (AvgIpc) is 3.39. The van der Waals surface area contributed by atoms with Gasteiger partial charge in [0, 0.05) is 42.2 Å². The zero-order chi connectivity index (χ0) is 33.2. The van der Waals surface area contributed by atoms with E-state index in [2.05, 4.69) is 15.0 Å². The van der Waals surface area contributed by atoms with Crippen LogP contribution in [0.2, 0.25) is 0 Å². The third kappa shape index (κ3) is 6.70. The third-order valence-electron chi connectivity index (χ3n) is 8.60. The van der Waals surface area contributed by atoms with Crippen molar-refractivity contribution < 1.29 is 42.1 Å². The second-order valence-electron chi connectivity index (χ2n) is 12.6. The number of carbonyl (C=O) groups excluding carboxylic acids is 1. The molecule has 2 saturated heterocycles. The molecule has 0 radical (unpaired) electrons. The van der Waals surface area contributed by atoms with Gasteiger partial charge in [-0.2, -0.15) is 13.2 Å². The molecule has 3 aromatic rings. The number of methoxy groups -OCH3 is 1. The minimum atomic E-state index is -4.66. The molecule has 4 heterocycles. The van der Waals surface area contributed by atoms with Crippen molar-refractivity contribution in [2.75, 3.05) is 13.7 Å². The maximum absolute atomic E-state index is 14.4. The highest BCUT2D eigenvalue weighted by molar-refractivity contribution is 5.88. The van der Waals surface area contributed by atoms with E-state index in [1.54, 1.807) is 24.5 Å². The molecule has 0 aliphatic carbocycles. The van der Waals surface area contributed by atoms with Gasteiger partial charge < -0.3 is 24.2 Å². The van der Waals surface area contributed by atoms with Gasteiger partial charge in [-0.15, -0.1) is 0 Å². The minimum Gasteiger partial charge on any atom is -0.481 e. The first-order chi connectivity index (χ1) is 21.8. The molecule has 46 heavy (non-hydrogen) atoms. The van der Waals surface area contributed by atoms with Crippen LogP contribution in [0.25, 0.3) is 11.1 Å². The van der Waals surface area contributed by atoms with E-state index in [4.69, 9.17) is 14.2 Å². The van der Waals surface area contributed by atoms with Crippen LogP contribution in [-0.4, -0.2) is 68.8 Å². The van der Waals surface area contributed by atoms with Crippen molar-refractivity contribution in [3.63, 3.8) is 0 Å². The number of aliphatic carboxylic acids is 1. The first-order valence-corrected chi connectivity index (χ1v) is 15.1. The fourth-order valence-corrected chi connectivity index (χ4v) is 6.60. The Labute approximate surface area is 264 Å². The van der Waals surface area contributed by atoms with E-state index in [1.807, 2.05) is 32.9 Å². The van der Waals surface area contributed by atoms with Gasteiger partial charge in [0.05, 0.1) is 31.4 Å². The summed E-state index contributed by atoms with van der Waals surface area (Å²) in [6.45, 7) is 5.55. The lowest BCUT2D eigenvalue weighted by molar-refractivity contribution is -0.159. The zero-order valence-electron chi connectivity index (χ0n) is 26.0. The predicted molar refractivity (Wildman–Crippen MR) is 159 cm³/mol. The summed E-state index contributed by atoms with van der Waals surface area (Å²) in [5, 5.41) is 10.8. The highest BCUT2D eigenvalue weighted by Gasteiger charge is 2.60. The van der Waals surface area contributed by atoms with E-state index in [1.165, 1.54) is 18.3 Å². The van der Waals surface area contributed by atoms with E-state index in [0.29, 0.717) is 35.9 Å². The van der Waals surface area contributed by atoms with Crippen molar-refractivity contribution in [3.05, 3.63) is 71.9 Å². The molecule has 1 N–H and O–H groups in total. The number of halogens is 3. The number of carbonyl (C=O) groups is 2. The number of carboxylic acids is 1. The van der Waals surface area contributed by atoms with Gasteiger partial charge in [0.15, 0.2) is 0 Å². The lowest BCUT2D eigenvalue weighted by Crippen LogP contribution is -2.51. The molecule has 2 aliphatic rings. The van der Waals surface area contributed by atoms with Crippen LogP contribution in [0, 0.1) is 11.3 Å². The van der Waals surface area contributed by atoms with Gasteiger partial charge in [-0.3, -0.25) is 4.79 Å². The normalized spacial score (nSPS) is 23.7. The Morgan fingerprint density at radius 3 is 2.41 bits per heavy atom. The standard InChI is InChI=1S/C33H37F3N4O6/c1-32(2,3)25-27(31(42)43)40(30(41)24-11-7-8-12-45-24)26(23-10-6-5-9-22(23)20-14-37-18-38-15-20)28(25)46-17-19-13-21(33(34,35)36)16-39-29(19)44-4/h5-6,9-10,13-16,18,24-28H,7-8,11-12,17H2,1-4H3,(H,42,43)/t24-,25+,26-,27-,28-/m0/s1. The predicted octanol–water partition coefficient (Wildman–Crippen LogP) is 5.72. The van der Waals surface area contributed by atoms with E-state index >= 15 is 0 Å². The Bertz CT molecular complexity index is 1540. The molecule has 10 nitrogen and oxygen atoms in total. The Kier molecular flexibility index (Phi) is 9.64. The van der Waals surface area contributed by atoms with Crippen LogP contribution in [-0.2, 0) is 31.8 Å². The number of alkyl halides is 3. The number of aromatic nitrogens is 3. The summed E-state index contributed by atoms with van der Waals surface area (Å²) in [5.41, 5.74) is 0.176. The molecule has 5 rings (SSSR count). The molecule has 1 amide bonds. The number of nitrogens with zero attached hydrogens (tertiary/aromatic N) is 4. The van der Waals surface area contributed by atoms with Crippen molar-refractivity contribution in [1.82, 2.24) is 19.9 Å². The molecular formula is C33H37F3N4O6. The van der Waals surface area contributed by atoms with Crippen LogP contribution in [0.3, 0.4) is 0 Å². The van der Waals surface area contributed by atoms with Gasteiger partial charge in [-0.25, -0.2) is 19.7 Å². The number of benzene rings is 1. The number of ether oxygens (including phenoxy) is 3. The Morgan fingerprint density at radius 2 is 1.80 bits per heavy atom. The van der Waals surface area contributed by atoms with E-state index in [9.17, 15) is 27.9 Å². The molecule has 0 unspecified atom stereocenters. The second-order valence-corrected chi connectivity index (χ2v) is 12.6. The Balaban J connectivity index is 1.69. The molecular weight excluding hydrogens is 605 g/mol. The highest BCUT2D eigenvalue weighted by Crippen LogP contribution is 2.52. The molecule has 13 heteroatoms. The molecule has 1 aromatic carbocycles. The molecule has 0 bridgehead atoms. The van der Waals surface area contributed by atoms with Crippen molar-refractivity contribution >= 4 is 11.9 Å². The summed E-state index contributed by atoms with van der Waals surface area (Å²) in [6.07, 6.45) is 0.762. The SMILES string of the molecule is COc1ncc(C(F)(F)F)cc1CO[C@H]1[C@H](C(C)(C)C)[C@@H](C(=O)O)N(C(=O)[C@@H]2CCCCO2)[C@H]1c1ccccc1-c1cncnc1. The molecule has 2 fully saturated rings. The Hall–Kier alpha value is -4.10. The van der Waals surface area contributed by atoms with Crippen molar-refractivity contribution in [2.24, 2.45) is 11.3 Å². The van der Waals surface area contributed by atoms with E-state index in [-0.39, 0.29) is 11.4 Å². The summed E-state index contributed by atoms with van der Waals surface area (Å²) in [4.78, 5) is 41.1. The highest BCUT2D eigenvalue weighted by atomic mass is 19.4. The molecule has 2 aromatic heterocycles. The molecule has 246 valence electrons. The molecule has 0 saturated carbocycles. The fraction of sp³-hybridized carbons (Fsp3) is 0.485. The summed E-state index contributed by atoms with van der Waals surface area (Å²) >= 11 is 0. The minimum absolute atomic E-state index is 0.0285. The topological polar surface area (TPSA) is 124 Å². The van der Waals surface area contributed by atoms with Gasteiger partial charge >= 0.3 is 12.1 Å². The maximum Gasteiger partial charge on any atom is 0.417 e. The van der Waals surface area contributed by atoms with Gasteiger partial charge in [0.25, 0.3) is 5.91 Å². The van der Waals surface area contributed by atoms with Crippen LogP contribution < -0.4 is 4.74 Å². The second kappa shape index (κ2) is 13.3. The first-order valence-electron chi connectivity index (χ1n) is 15.1. The number of carboxylic acid groups (broad SMARTS) is 1. The monoisotopic (exact) mass is 642 g/mol. The lowest BCUT2D eigenvalue weighted by Gasteiger charge is -2.35. The average molecular weight is 643 g/mol. The number of pyridine rings is 1. The van der Waals surface area contributed by atoms with Gasteiger partial charge in [-0.05, 0) is 41.9 Å². The van der Waals surface area contributed by atoms with Gasteiger partial charge in [-0.1, -0.05) is 45.0 Å². The molecule has 0 spiro atoms. The van der Waals surface area contributed by atoms with Crippen LogP contribution in [0.15, 0.2) is 55.2 Å². The fourth-order valence-electron chi connectivity index (χ4n) is 6.60. The Morgan fingerprint density at radius 1 is 1.09 bits per heavy atom. The zero-order valence-corrected chi connectivity index (χ0v) is 26.0. The van der Waals surface area contributed by atoms with Crippen LogP contribution in [0.1, 0.15) is 62.8 Å². The molecule has 5 atom stereocenters. The molecule has 2 aliphatic heterocycles. The summed E-state index contributed by atoms with van der Waals surface area (Å²) in [6, 6.07) is 5.80. The van der Waals surface area contributed by atoms with Crippen molar-refractivity contribution in [3.8, 4) is 17.0 Å². The number of hydrogen-bond donors (Lipinski definition) is 1. The first kappa shape index (κ1) is 33.3. The number of rotatable bonds is 8. The largest absolute Gasteiger partial charge is 0.481 e. The van der Waals surface area contributed by atoms with Crippen molar-refractivity contribution in [2.45, 2.75) is 77.1 Å². The summed E-state index contributed by atoms with van der Waals surface area (Å²) < 4.78 is 58.6. The third-order valence-corrected chi connectivity index (χ3v) is 8.60. The van der Waals surface area contributed by atoms with Crippen LogP contribution in [0.5, 0.6) is 5.88 Å².